The van der Waals surface area contributed by atoms with E-state index in [1.165, 1.54) is 0 Å². The van der Waals surface area contributed by atoms with Crippen molar-refractivity contribution in [2.45, 2.75) is 252 Å². The number of carbonyl (C=O) groups is 3. The minimum Gasteiger partial charge on any atom is -0.390 e. The predicted octanol–water partition coefficient (Wildman–Crippen LogP) is 14.1. The predicted molar refractivity (Wildman–Crippen MR) is 298 cm³/mol. The highest BCUT2D eigenvalue weighted by Crippen LogP contribution is 2.72. The van der Waals surface area contributed by atoms with E-state index in [2.05, 4.69) is 41.5 Å². The average Bonchev–Trinajstić information content (AvgIpc) is 4.29. The number of hydrogen-bond donors (Lipinski definition) is 3. The van der Waals surface area contributed by atoms with Crippen LogP contribution in [0.15, 0.2) is 0 Å². The first-order valence-corrected chi connectivity index (χ1v) is 33.8. The molecule has 6 unspecified atom stereocenters. The fourth-order valence-corrected chi connectivity index (χ4v) is 25.8. The SMILES string of the molecule is C[C@@]1(O)CC[C@@]2(C)C(CC[C@@H]3C2CC[C@]2(C)[C@@H](C(=O)COP(=O)(OCC(=O)[C@H]4CC[C@H]5[C@@H]6CCC7C[C@](C)(O)CC[C@]7(C)C6CC[C@]45C)OCC(=O)[C@H]4CC[C@H]5[C@@H]6CCC7C[C@](C)(O)CC[C@]7(C)C6CC[C@]45C)CC[C@@H]32)C1. The maximum atomic E-state index is 15.3. The summed E-state index contributed by atoms with van der Waals surface area (Å²) in [5, 5.41) is 33.2. The lowest BCUT2D eigenvalue weighted by Crippen LogP contribution is -2.55. The third-order valence-corrected chi connectivity index (χ3v) is 30.5. The second-order valence-corrected chi connectivity index (χ2v) is 34.4. The van der Waals surface area contributed by atoms with Gasteiger partial charge in [-0.05, 0) is 298 Å². The highest BCUT2D eigenvalue weighted by molar-refractivity contribution is 7.48. The van der Waals surface area contributed by atoms with Crippen molar-refractivity contribution in [1.82, 2.24) is 0 Å². The van der Waals surface area contributed by atoms with Gasteiger partial charge in [-0.1, -0.05) is 41.5 Å². The van der Waals surface area contributed by atoms with Gasteiger partial charge in [0, 0.05) is 17.8 Å². The molecule has 0 bridgehead atoms. The Labute approximate surface area is 464 Å². The van der Waals surface area contributed by atoms with Gasteiger partial charge in [0.1, 0.15) is 19.8 Å². The van der Waals surface area contributed by atoms with Crippen LogP contribution in [0.5, 0.6) is 0 Å². The first-order chi connectivity index (χ1) is 36.1. The number of carbonyl (C=O) groups excluding carboxylic acids is 3. The fourth-order valence-electron chi connectivity index (χ4n) is 24.7. The summed E-state index contributed by atoms with van der Waals surface area (Å²) in [6.07, 6.45) is 26.7. The van der Waals surface area contributed by atoms with Crippen LogP contribution in [-0.2, 0) is 32.5 Å². The number of Topliss-reactive ketones (excluding diaryl/α,β-unsaturated/α-hetero) is 3. The minimum atomic E-state index is -4.58. The molecule has 0 saturated heterocycles. The summed E-state index contributed by atoms with van der Waals surface area (Å²) in [5.41, 5.74) is -1.66. The van der Waals surface area contributed by atoms with Crippen molar-refractivity contribution in [3.63, 3.8) is 0 Å². The van der Waals surface area contributed by atoms with E-state index in [0.717, 1.165) is 173 Å². The summed E-state index contributed by atoms with van der Waals surface area (Å²) < 4.78 is 34.0. The Kier molecular flexibility index (Phi) is 14.1. The zero-order valence-electron chi connectivity index (χ0n) is 49.5. The summed E-state index contributed by atoms with van der Waals surface area (Å²) in [5.74, 6) is 5.40. The minimum absolute atomic E-state index is 0.0760. The molecule has 0 aromatic heterocycles. The molecule has 12 saturated carbocycles. The Hall–Kier alpha value is -1.00. The van der Waals surface area contributed by atoms with E-state index >= 15 is 4.57 Å². The van der Waals surface area contributed by atoms with Gasteiger partial charge in [0.05, 0.1) is 16.8 Å². The van der Waals surface area contributed by atoms with Crippen LogP contribution in [0.1, 0.15) is 236 Å². The Morgan fingerprint density at radius 1 is 0.351 bits per heavy atom. The largest absolute Gasteiger partial charge is 0.476 e. The highest BCUT2D eigenvalue weighted by Gasteiger charge is 2.66. The van der Waals surface area contributed by atoms with E-state index in [0.29, 0.717) is 71.0 Å². The zero-order chi connectivity index (χ0) is 54.7. The second kappa shape index (κ2) is 19.3. The van der Waals surface area contributed by atoms with Crippen LogP contribution >= 0.6 is 7.82 Å². The number of rotatable bonds is 12. The van der Waals surface area contributed by atoms with Gasteiger partial charge < -0.3 is 15.3 Å². The molecule has 77 heavy (non-hydrogen) atoms. The van der Waals surface area contributed by atoms with Crippen molar-refractivity contribution in [2.75, 3.05) is 19.8 Å². The monoisotopic (exact) mass is 1090 g/mol. The molecule has 0 aromatic rings. The Morgan fingerprint density at radius 2 is 0.610 bits per heavy atom. The second-order valence-electron chi connectivity index (χ2n) is 32.8. The number of hydrogen-bond acceptors (Lipinski definition) is 10. The number of phosphoric acid groups is 1. The average molecular weight is 1090 g/mol. The van der Waals surface area contributed by atoms with E-state index in [1.54, 1.807) is 0 Å². The summed E-state index contributed by atoms with van der Waals surface area (Å²) in [6, 6.07) is 0. The third kappa shape index (κ3) is 9.15. The molecule has 12 aliphatic carbocycles. The smallest absolute Gasteiger partial charge is 0.390 e. The van der Waals surface area contributed by atoms with Gasteiger partial charge in [-0.3, -0.25) is 28.0 Å². The fraction of sp³-hybridized carbons (Fsp3) is 0.955. The molecule has 12 fully saturated rings. The van der Waals surface area contributed by atoms with Gasteiger partial charge in [-0.15, -0.1) is 0 Å². The lowest BCUT2D eigenvalue weighted by Gasteiger charge is -2.61. The molecule has 10 nitrogen and oxygen atoms in total. The molecular formula is C66H105O10P. The molecule has 434 valence electrons. The first kappa shape index (κ1) is 56.5. The van der Waals surface area contributed by atoms with Crippen LogP contribution in [0, 0.1) is 121 Å². The van der Waals surface area contributed by atoms with E-state index in [1.807, 2.05) is 20.8 Å². The lowest BCUT2D eigenvalue weighted by atomic mass is 9.44. The molecule has 12 aliphatic rings. The third-order valence-electron chi connectivity index (χ3n) is 29.1. The maximum absolute atomic E-state index is 15.3. The van der Waals surface area contributed by atoms with Crippen molar-refractivity contribution in [3.05, 3.63) is 0 Å². The van der Waals surface area contributed by atoms with Crippen LogP contribution in [0.3, 0.4) is 0 Å². The standard InChI is InChI=1S/C66H105O10P/c1-58(70)28-31-61(4)40(34-58)10-13-43-46-16-19-52(64(46,7)25-22-49(43)61)55(67)37-74-77(73,75-38-56(68)53-20-17-47-44-14-11-41-35-59(2,71)29-32-62(41,5)50(44)23-26-65(47,53)8)76-39-57(69)54-21-18-48-45-15-12-42-36-60(3,72)30-33-63(42,6)51(45)24-27-66(48,54)9/h40-54,70-72H,10-39H2,1-9H3/t40?,41?,42?,43-,44-,45-,46-,47-,48-,49?,50?,51?,52+,53+,54+,58+,59+,60+,61-,62-,63-,64-,65-,66-,77?/m0/s1. The molecule has 11 heteroatoms. The van der Waals surface area contributed by atoms with Crippen LogP contribution < -0.4 is 0 Å². The summed E-state index contributed by atoms with van der Waals surface area (Å²) in [6.45, 7) is 19.3. The van der Waals surface area contributed by atoms with Crippen molar-refractivity contribution < 1.29 is 47.8 Å². The Balaban J connectivity index is 0.733. The Bertz CT molecular complexity index is 2110. The lowest BCUT2D eigenvalue weighted by molar-refractivity contribution is -0.152. The van der Waals surface area contributed by atoms with Gasteiger partial charge in [0.15, 0.2) is 17.3 Å². The molecule has 0 aliphatic heterocycles. The van der Waals surface area contributed by atoms with Crippen LogP contribution in [0.2, 0.25) is 0 Å². The summed E-state index contributed by atoms with van der Waals surface area (Å²) in [4.78, 5) is 44.2. The van der Waals surface area contributed by atoms with Crippen molar-refractivity contribution >= 4 is 25.2 Å². The van der Waals surface area contributed by atoms with Crippen LogP contribution in [-0.4, -0.2) is 69.3 Å². The number of phosphoric ester groups is 1. The van der Waals surface area contributed by atoms with Gasteiger partial charge >= 0.3 is 7.82 Å². The summed E-state index contributed by atoms with van der Waals surface area (Å²) in [7, 11) is -4.58. The molecule has 0 aromatic carbocycles. The summed E-state index contributed by atoms with van der Waals surface area (Å²) >= 11 is 0. The zero-order valence-corrected chi connectivity index (χ0v) is 50.4. The molecule has 3 N–H and O–H groups in total. The topological polar surface area (TPSA) is 157 Å². The van der Waals surface area contributed by atoms with E-state index in [4.69, 9.17) is 13.6 Å². The molecule has 0 amide bonds. The number of aliphatic hydroxyl groups is 3. The van der Waals surface area contributed by atoms with Gasteiger partial charge in [0.25, 0.3) is 0 Å². The van der Waals surface area contributed by atoms with Crippen LogP contribution in [0.25, 0.3) is 0 Å². The highest BCUT2D eigenvalue weighted by atomic mass is 31.2. The van der Waals surface area contributed by atoms with E-state index in [-0.39, 0.29) is 67.6 Å². The van der Waals surface area contributed by atoms with E-state index < -0.39 is 44.4 Å². The molecule has 24 atom stereocenters. The van der Waals surface area contributed by atoms with Crippen molar-refractivity contribution in [1.29, 1.82) is 0 Å². The molecule has 0 radical (unpaired) electrons. The quantitative estimate of drug-likeness (QED) is 0.161. The van der Waals surface area contributed by atoms with Gasteiger partial charge in [0.2, 0.25) is 0 Å². The number of ketones is 3. The van der Waals surface area contributed by atoms with Gasteiger partial charge in [-0.2, -0.15) is 0 Å². The molecule has 0 heterocycles. The van der Waals surface area contributed by atoms with Crippen molar-refractivity contribution in [2.24, 2.45) is 121 Å². The first-order valence-electron chi connectivity index (χ1n) is 32.4. The van der Waals surface area contributed by atoms with Crippen molar-refractivity contribution in [3.8, 4) is 0 Å². The number of fused-ring (bicyclic) bond motifs is 15. The molecular weight excluding hydrogens is 984 g/mol. The molecule has 0 spiro atoms. The van der Waals surface area contributed by atoms with Gasteiger partial charge in [-0.25, -0.2) is 4.57 Å². The van der Waals surface area contributed by atoms with Crippen LogP contribution in [0.4, 0.5) is 0 Å². The normalized spacial score (nSPS) is 55.4. The maximum Gasteiger partial charge on any atom is 0.476 e. The Morgan fingerprint density at radius 3 is 0.883 bits per heavy atom. The molecule has 12 rings (SSSR count). The van der Waals surface area contributed by atoms with E-state index in [9.17, 15) is 29.7 Å².